The fourth-order valence-corrected chi connectivity index (χ4v) is 3.50. The van der Waals surface area contributed by atoms with Crippen molar-refractivity contribution < 1.29 is 8.42 Å². The highest BCUT2D eigenvalue weighted by molar-refractivity contribution is 7.90. The van der Waals surface area contributed by atoms with Crippen molar-refractivity contribution in [2.75, 3.05) is 6.26 Å². The molecule has 96 valence electrons. The average Bonchev–Trinajstić information content (AvgIpc) is 2.74. The number of sulfone groups is 1. The zero-order valence-corrected chi connectivity index (χ0v) is 12.4. The second-order valence-corrected chi connectivity index (χ2v) is 7.92. The Morgan fingerprint density at radius 3 is 2.17 bits per heavy atom. The van der Waals surface area contributed by atoms with Gasteiger partial charge < -0.3 is 0 Å². The highest BCUT2D eigenvalue weighted by atomic mass is 35.5. The van der Waals surface area contributed by atoms with Gasteiger partial charge in [-0.25, -0.2) is 8.42 Å². The van der Waals surface area contributed by atoms with Gasteiger partial charge in [-0.15, -0.1) is 22.9 Å². The molecule has 2 nitrogen and oxygen atoms in total. The summed E-state index contributed by atoms with van der Waals surface area (Å²) in [4.78, 5) is 2.60. The summed E-state index contributed by atoms with van der Waals surface area (Å²) >= 11 is 8.02. The highest BCUT2D eigenvalue weighted by Gasteiger charge is 2.14. The summed E-state index contributed by atoms with van der Waals surface area (Å²) in [6.07, 6.45) is 1.20. The van der Waals surface area contributed by atoms with E-state index in [1.165, 1.54) is 11.1 Å². The maximum atomic E-state index is 11.4. The van der Waals surface area contributed by atoms with Gasteiger partial charge in [-0.3, -0.25) is 0 Å². The van der Waals surface area contributed by atoms with E-state index in [2.05, 4.69) is 0 Å². The number of aryl methyl sites for hydroxylation is 1. The van der Waals surface area contributed by atoms with E-state index < -0.39 is 9.84 Å². The van der Waals surface area contributed by atoms with Crippen LogP contribution in [0.4, 0.5) is 0 Å². The van der Waals surface area contributed by atoms with Crippen LogP contribution in [0.2, 0.25) is 0 Å². The first kappa shape index (κ1) is 13.6. The van der Waals surface area contributed by atoms with Gasteiger partial charge in [0.05, 0.1) is 10.3 Å². The second-order valence-electron chi connectivity index (χ2n) is 4.15. The molecule has 0 saturated carbocycles. The van der Waals surface area contributed by atoms with Crippen molar-refractivity contribution in [2.24, 2.45) is 0 Å². The van der Waals surface area contributed by atoms with Crippen LogP contribution in [-0.2, 0) is 9.84 Å². The molecule has 0 bridgehead atoms. The molecule has 2 aromatic rings. The van der Waals surface area contributed by atoms with Crippen LogP contribution >= 0.6 is 22.9 Å². The first-order chi connectivity index (χ1) is 8.38. The Balaban J connectivity index is 2.30. The number of hydrogen-bond donors (Lipinski definition) is 0. The lowest BCUT2D eigenvalue weighted by Crippen LogP contribution is -1.97. The van der Waals surface area contributed by atoms with Gasteiger partial charge in [0.2, 0.25) is 0 Å². The lowest BCUT2D eigenvalue weighted by Gasteiger charge is -2.08. The van der Waals surface area contributed by atoms with E-state index in [1.54, 1.807) is 35.6 Å². The standard InChI is InChI=1S/C13H13ClO2S2/c1-9-3-8-12(17-9)13(14)10-4-6-11(7-5-10)18(2,15)16/h3-8,13H,1-2H3. The summed E-state index contributed by atoms with van der Waals surface area (Å²) in [5.41, 5.74) is 0.908. The van der Waals surface area contributed by atoms with Crippen LogP contribution in [0.3, 0.4) is 0 Å². The van der Waals surface area contributed by atoms with E-state index in [0.717, 1.165) is 10.4 Å². The molecule has 0 aliphatic rings. The van der Waals surface area contributed by atoms with Gasteiger partial charge in [0.25, 0.3) is 0 Å². The van der Waals surface area contributed by atoms with Gasteiger partial charge in [-0.1, -0.05) is 12.1 Å². The van der Waals surface area contributed by atoms with Crippen molar-refractivity contribution in [1.82, 2.24) is 0 Å². The normalized spacial score (nSPS) is 13.5. The lowest BCUT2D eigenvalue weighted by molar-refractivity contribution is 0.602. The Bertz CT molecular complexity index is 642. The summed E-state index contributed by atoms with van der Waals surface area (Å²) in [7, 11) is -3.15. The molecule has 5 heteroatoms. The number of hydrogen-bond acceptors (Lipinski definition) is 3. The fourth-order valence-electron chi connectivity index (χ4n) is 1.64. The van der Waals surface area contributed by atoms with E-state index in [-0.39, 0.29) is 5.38 Å². The average molecular weight is 301 g/mol. The molecular formula is C13H13ClO2S2. The molecule has 0 radical (unpaired) electrons. The molecule has 0 spiro atoms. The van der Waals surface area contributed by atoms with Gasteiger partial charge >= 0.3 is 0 Å². The Hall–Kier alpha value is -0.840. The SMILES string of the molecule is Cc1ccc(C(Cl)c2ccc(S(C)(=O)=O)cc2)s1. The second kappa shape index (κ2) is 5.03. The summed E-state index contributed by atoms with van der Waals surface area (Å²) < 4.78 is 22.7. The van der Waals surface area contributed by atoms with Crippen LogP contribution in [-0.4, -0.2) is 14.7 Å². The summed E-state index contributed by atoms with van der Waals surface area (Å²) in [6, 6.07) is 10.8. The fraction of sp³-hybridized carbons (Fsp3) is 0.231. The molecule has 18 heavy (non-hydrogen) atoms. The van der Waals surface area contributed by atoms with E-state index in [0.29, 0.717) is 4.90 Å². The molecule has 1 heterocycles. The van der Waals surface area contributed by atoms with Crippen molar-refractivity contribution in [3.8, 4) is 0 Å². The van der Waals surface area contributed by atoms with Crippen molar-refractivity contribution in [1.29, 1.82) is 0 Å². The monoisotopic (exact) mass is 300 g/mol. The molecule has 1 aromatic heterocycles. The molecule has 1 atom stereocenters. The predicted octanol–water partition coefficient (Wildman–Crippen LogP) is 3.79. The Labute approximate surface area is 116 Å². The number of rotatable bonds is 3. The maximum absolute atomic E-state index is 11.4. The molecule has 0 amide bonds. The van der Waals surface area contributed by atoms with Crippen molar-refractivity contribution in [2.45, 2.75) is 17.2 Å². The van der Waals surface area contributed by atoms with Crippen LogP contribution in [0.1, 0.15) is 20.7 Å². The summed E-state index contributed by atoms with van der Waals surface area (Å²) in [5, 5.41) is -0.225. The molecule has 2 rings (SSSR count). The first-order valence-corrected chi connectivity index (χ1v) is 8.53. The molecule has 1 unspecified atom stereocenters. The predicted molar refractivity (Wildman–Crippen MR) is 76.3 cm³/mol. The van der Waals surface area contributed by atoms with E-state index >= 15 is 0 Å². The summed E-state index contributed by atoms with van der Waals surface area (Å²) in [5.74, 6) is 0. The van der Waals surface area contributed by atoms with Gasteiger partial charge in [0, 0.05) is 16.0 Å². The molecule has 0 aliphatic carbocycles. The number of thiophene rings is 1. The van der Waals surface area contributed by atoms with Gasteiger partial charge in [0.1, 0.15) is 0 Å². The smallest absolute Gasteiger partial charge is 0.175 e. The zero-order valence-electron chi connectivity index (χ0n) is 10.1. The van der Waals surface area contributed by atoms with Crippen molar-refractivity contribution >= 4 is 32.8 Å². The Morgan fingerprint density at radius 2 is 1.72 bits per heavy atom. The topological polar surface area (TPSA) is 34.1 Å². The number of benzene rings is 1. The van der Waals surface area contributed by atoms with Crippen LogP contribution < -0.4 is 0 Å². The van der Waals surface area contributed by atoms with Gasteiger partial charge in [-0.05, 0) is 36.8 Å². The third-order valence-corrected chi connectivity index (χ3v) is 5.42. The van der Waals surface area contributed by atoms with Gasteiger partial charge in [-0.2, -0.15) is 0 Å². The molecule has 1 aromatic carbocycles. The lowest BCUT2D eigenvalue weighted by atomic mass is 10.1. The summed E-state index contributed by atoms with van der Waals surface area (Å²) in [6.45, 7) is 2.03. The highest BCUT2D eigenvalue weighted by Crippen LogP contribution is 2.33. The Morgan fingerprint density at radius 1 is 1.11 bits per heavy atom. The molecule has 0 fully saturated rings. The minimum atomic E-state index is -3.15. The number of halogens is 1. The molecule has 0 aliphatic heterocycles. The largest absolute Gasteiger partial charge is 0.224 e. The van der Waals surface area contributed by atoms with Crippen molar-refractivity contribution in [3.63, 3.8) is 0 Å². The van der Waals surface area contributed by atoms with E-state index in [4.69, 9.17) is 11.6 Å². The third kappa shape index (κ3) is 2.94. The minimum absolute atomic E-state index is 0.225. The van der Waals surface area contributed by atoms with Crippen LogP contribution in [0, 0.1) is 6.92 Å². The zero-order chi connectivity index (χ0) is 13.3. The minimum Gasteiger partial charge on any atom is -0.224 e. The Kier molecular flexibility index (Phi) is 3.80. The number of alkyl halides is 1. The third-order valence-electron chi connectivity index (χ3n) is 2.61. The van der Waals surface area contributed by atoms with Crippen molar-refractivity contribution in [3.05, 3.63) is 51.7 Å². The van der Waals surface area contributed by atoms with E-state index in [9.17, 15) is 8.42 Å². The quantitative estimate of drug-likeness (QED) is 0.808. The first-order valence-electron chi connectivity index (χ1n) is 5.38. The molecular weight excluding hydrogens is 288 g/mol. The van der Waals surface area contributed by atoms with E-state index in [1.807, 2.05) is 19.1 Å². The van der Waals surface area contributed by atoms with Gasteiger partial charge in [0.15, 0.2) is 9.84 Å². The van der Waals surface area contributed by atoms with Crippen LogP contribution in [0.25, 0.3) is 0 Å². The molecule has 0 N–H and O–H groups in total. The molecule has 0 saturated heterocycles. The maximum Gasteiger partial charge on any atom is 0.175 e. The van der Waals surface area contributed by atoms with Crippen LogP contribution in [0.15, 0.2) is 41.3 Å². The van der Waals surface area contributed by atoms with Crippen LogP contribution in [0.5, 0.6) is 0 Å².